The molecule has 11 heteroatoms. The highest BCUT2D eigenvalue weighted by atomic mass is 32.1. The number of halogens is 3. The van der Waals surface area contributed by atoms with Gasteiger partial charge >= 0.3 is 12.1 Å². The fourth-order valence-electron chi connectivity index (χ4n) is 3.13. The SMILES string of the molecule is Cc1cc(Nc2nccc(C(F)(F)F)n2)cc(-c2cnc(C(C)(O)CCC(C)(C)C(=O)O)s2)c1. The number of hydrogen-bond acceptors (Lipinski definition) is 7. The summed E-state index contributed by atoms with van der Waals surface area (Å²) >= 11 is 1.27. The molecule has 0 aliphatic carbocycles. The van der Waals surface area contributed by atoms with Crippen molar-refractivity contribution in [2.24, 2.45) is 5.41 Å². The minimum atomic E-state index is -4.58. The van der Waals surface area contributed by atoms with Gasteiger partial charge in [0.25, 0.3) is 0 Å². The molecule has 0 amide bonds. The van der Waals surface area contributed by atoms with Crippen LogP contribution in [0.4, 0.5) is 24.8 Å². The second-order valence-corrected chi connectivity index (χ2v) is 10.00. The molecule has 2 heterocycles. The van der Waals surface area contributed by atoms with Crippen molar-refractivity contribution in [2.45, 2.75) is 52.3 Å². The average molecular weight is 495 g/mol. The highest BCUT2D eigenvalue weighted by Crippen LogP contribution is 2.38. The Morgan fingerprint density at radius 2 is 1.82 bits per heavy atom. The molecule has 34 heavy (non-hydrogen) atoms. The van der Waals surface area contributed by atoms with E-state index in [0.29, 0.717) is 10.7 Å². The largest absolute Gasteiger partial charge is 0.481 e. The van der Waals surface area contributed by atoms with Gasteiger partial charge in [0.15, 0.2) is 0 Å². The van der Waals surface area contributed by atoms with Crippen LogP contribution in [0.2, 0.25) is 0 Å². The minimum absolute atomic E-state index is 0.180. The van der Waals surface area contributed by atoms with E-state index < -0.39 is 28.9 Å². The molecule has 0 radical (unpaired) electrons. The Hall–Kier alpha value is -3.05. The second-order valence-electron chi connectivity index (χ2n) is 8.97. The van der Waals surface area contributed by atoms with Crippen molar-refractivity contribution in [2.75, 3.05) is 5.32 Å². The first-order chi connectivity index (χ1) is 15.7. The zero-order valence-corrected chi connectivity index (χ0v) is 19.9. The lowest BCUT2D eigenvalue weighted by Crippen LogP contribution is -2.29. The predicted molar refractivity (Wildman–Crippen MR) is 123 cm³/mol. The number of aliphatic hydroxyl groups is 1. The number of thiazole rings is 1. The highest BCUT2D eigenvalue weighted by Gasteiger charge is 2.34. The summed E-state index contributed by atoms with van der Waals surface area (Å²) in [4.78, 5) is 23.8. The number of aromatic nitrogens is 3. The molecule has 0 aliphatic rings. The minimum Gasteiger partial charge on any atom is -0.481 e. The van der Waals surface area contributed by atoms with E-state index in [0.717, 1.165) is 28.3 Å². The molecular formula is C23H25F3N4O3S. The van der Waals surface area contributed by atoms with Crippen LogP contribution in [0.5, 0.6) is 0 Å². The molecule has 3 aromatic rings. The van der Waals surface area contributed by atoms with E-state index in [1.165, 1.54) is 11.3 Å². The van der Waals surface area contributed by atoms with Crippen LogP contribution >= 0.6 is 11.3 Å². The quantitative estimate of drug-likeness (QED) is 0.365. The van der Waals surface area contributed by atoms with Gasteiger partial charge in [-0.05, 0) is 69.9 Å². The lowest BCUT2D eigenvalue weighted by atomic mass is 9.84. The van der Waals surface area contributed by atoms with Gasteiger partial charge < -0.3 is 15.5 Å². The summed E-state index contributed by atoms with van der Waals surface area (Å²) in [5.41, 5.74) is -1.24. The summed E-state index contributed by atoms with van der Waals surface area (Å²) in [5, 5.41) is 23.5. The van der Waals surface area contributed by atoms with Gasteiger partial charge in [0.1, 0.15) is 16.3 Å². The number of carbonyl (C=O) groups is 1. The summed E-state index contributed by atoms with van der Waals surface area (Å²) in [5.74, 6) is -1.12. The third-order valence-corrected chi connectivity index (χ3v) is 6.65. The summed E-state index contributed by atoms with van der Waals surface area (Å²) in [7, 11) is 0. The maximum atomic E-state index is 12.9. The number of aliphatic carboxylic acids is 1. The molecule has 0 saturated heterocycles. The first-order valence-electron chi connectivity index (χ1n) is 10.4. The molecule has 1 aromatic carbocycles. The first-order valence-corrected chi connectivity index (χ1v) is 11.2. The molecule has 2 aromatic heterocycles. The number of carboxylic acids is 1. The standard InChI is InChI=1S/C23H25F3N4O3S/c1-13-9-14(11-15(10-13)29-20-27-8-5-17(30-20)23(24,25)26)16-12-28-18(34-16)22(4,33)7-6-21(2,3)19(31)32/h5,8-12,33H,6-7H2,1-4H3,(H,31,32)(H,27,29,30). The average Bonchev–Trinajstić information content (AvgIpc) is 3.23. The van der Waals surface area contributed by atoms with E-state index in [4.69, 9.17) is 0 Å². The van der Waals surface area contributed by atoms with Crippen LogP contribution in [0.3, 0.4) is 0 Å². The maximum absolute atomic E-state index is 12.9. The summed E-state index contributed by atoms with van der Waals surface area (Å²) in [6, 6.07) is 6.17. The van der Waals surface area contributed by atoms with Gasteiger partial charge in [-0.3, -0.25) is 4.79 Å². The van der Waals surface area contributed by atoms with Gasteiger partial charge in [0, 0.05) is 18.1 Å². The molecular weight excluding hydrogens is 469 g/mol. The molecule has 1 unspecified atom stereocenters. The zero-order valence-electron chi connectivity index (χ0n) is 19.1. The molecule has 0 aliphatic heterocycles. The molecule has 0 saturated carbocycles. The summed E-state index contributed by atoms with van der Waals surface area (Å²) in [6.07, 6.45) is -1.45. The second kappa shape index (κ2) is 9.30. The number of rotatable bonds is 8. The van der Waals surface area contributed by atoms with Crippen LogP contribution in [0.15, 0.2) is 36.7 Å². The van der Waals surface area contributed by atoms with E-state index >= 15 is 0 Å². The third-order valence-electron chi connectivity index (χ3n) is 5.35. The fourth-order valence-corrected chi connectivity index (χ4v) is 4.11. The van der Waals surface area contributed by atoms with Crippen LogP contribution in [-0.4, -0.2) is 31.1 Å². The first kappa shape index (κ1) is 25.6. The highest BCUT2D eigenvalue weighted by molar-refractivity contribution is 7.15. The van der Waals surface area contributed by atoms with E-state index in [1.54, 1.807) is 39.1 Å². The van der Waals surface area contributed by atoms with Gasteiger partial charge in [-0.15, -0.1) is 11.3 Å². The third kappa shape index (κ3) is 6.09. The summed E-state index contributed by atoms with van der Waals surface area (Å²) < 4.78 is 38.8. The summed E-state index contributed by atoms with van der Waals surface area (Å²) in [6.45, 7) is 6.65. The lowest BCUT2D eigenvalue weighted by Gasteiger charge is -2.26. The van der Waals surface area contributed by atoms with Crippen molar-refractivity contribution in [1.82, 2.24) is 15.0 Å². The van der Waals surface area contributed by atoms with Crippen LogP contribution in [0.25, 0.3) is 10.4 Å². The van der Waals surface area contributed by atoms with Crippen LogP contribution in [-0.2, 0) is 16.6 Å². The lowest BCUT2D eigenvalue weighted by molar-refractivity contribution is -0.148. The van der Waals surface area contributed by atoms with Crippen molar-refractivity contribution < 1.29 is 28.2 Å². The van der Waals surface area contributed by atoms with Crippen LogP contribution in [0, 0.1) is 12.3 Å². The number of nitrogens with zero attached hydrogens (tertiary/aromatic N) is 3. The van der Waals surface area contributed by atoms with Crippen LogP contribution in [0.1, 0.15) is 49.9 Å². The number of hydrogen-bond donors (Lipinski definition) is 3. The molecule has 3 N–H and O–H groups in total. The van der Waals surface area contributed by atoms with E-state index in [9.17, 15) is 28.2 Å². The topological polar surface area (TPSA) is 108 Å². The van der Waals surface area contributed by atoms with E-state index in [2.05, 4.69) is 20.3 Å². The predicted octanol–water partition coefficient (Wildman–Crippen LogP) is 5.77. The van der Waals surface area contributed by atoms with E-state index in [-0.39, 0.29) is 18.8 Å². The van der Waals surface area contributed by atoms with E-state index in [1.807, 2.05) is 13.0 Å². The van der Waals surface area contributed by atoms with Gasteiger partial charge in [0.05, 0.1) is 10.3 Å². The van der Waals surface area contributed by atoms with Crippen molar-refractivity contribution in [3.63, 3.8) is 0 Å². The molecule has 7 nitrogen and oxygen atoms in total. The Kier molecular flexibility index (Phi) is 6.99. The normalized spacial score (nSPS) is 14.0. The number of nitrogens with one attached hydrogen (secondary N) is 1. The van der Waals surface area contributed by atoms with Crippen molar-refractivity contribution in [3.8, 4) is 10.4 Å². The van der Waals surface area contributed by atoms with Crippen molar-refractivity contribution in [1.29, 1.82) is 0 Å². The molecule has 1 atom stereocenters. The molecule has 0 spiro atoms. The van der Waals surface area contributed by atoms with Crippen molar-refractivity contribution >= 4 is 28.9 Å². The Bertz CT molecular complexity index is 1190. The van der Waals surface area contributed by atoms with Gasteiger partial charge in [-0.1, -0.05) is 6.07 Å². The molecule has 182 valence electrons. The number of alkyl halides is 3. The van der Waals surface area contributed by atoms with Gasteiger partial charge in [-0.2, -0.15) is 13.2 Å². The Balaban J connectivity index is 1.82. The number of carboxylic acid groups (broad SMARTS) is 1. The maximum Gasteiger partial charge on any atom is 0.433 e. The zero-order chi connectivity index (χ0) is 25.3. The molecule has 0 bridgehead atoms. The number of benzene rings is 1. The van der Waals surface area contributed by atoms with Gasteiger partial charge in [-0.25, -0.2) is 15.0 Å². The number of aryl methyl sites for hydroxylation is 1. The van der Waals surface area contributed by atoms with Crippen LogP contribution < -0.4 is 5.32 Å². The van der Waals surface area contributed by atoms with Crippen molar-refractivity contribution in [3.05, 3.63) is 52.9 Å². The fraction of sp³-hybridized carbons (Fsp3) is 0.391. The monoisotopic (exact) mass is 494 g/mol. The number of anilines is 2. The Labute approximate surface area is 198 Å². The Morgan fingerprint density at radius 1 is 1.12 bits per heavy atom. The smallest absolute Gasteiger partial charge is 0.433 e. The van der Waals surface area contributed by atoms with Gasteiger partial charge in [0.2, 0.25) is 5.95 Å². The molecule has 0 fully saturated rings. The molecule has 3 rings (SSSR count). The Morgan fingerprint density at radius 3 is 2.47 bits per heavy atom.